The molecule has 0 bridgehead atoms. The van der Waals surface area contributed by atoms with E-state index in [0.29, 0.717) is 5.56 Å². The molecule has 9 heteroatoms. The van der Waals surface area contributed by atoms with E-state index in [2.05, 4.69) is 0 Å². The van der Waals surface area contributed by atoms with E-state index in [-0.39, 0.29) is 17.2 Å². The zero-order valence-electron chi connectivity index (χ0n) is 15.6. The number of methoxy groups -OCH3 is 1. The summed E-state index contributed by atoms with van der Waals surface area (Å²) in [5.74, 6) is -0.711. The first-order valence-corrected chi connectivity index (χ1v) is 12.0. The van der Waals surface area contributed by atoms with Crippen molar-refractivity contribution in [1.82, 2.24) is 4.31 Å². The van der Waals surface area contributed by atoms with Crippen molar-refractivity contribution >= 4 is 19.9 Å². The van der Waals surface area contributed by atoms with Crippen molar-refractivity contribution in [3.63, 3.8) is 0 Å². The Bertz CT molecular complexity index is 1050. The van der Waals surface area contributed by atoms with Crippen molar-refractivity contribution in [2.75, 3.05) is 18.6 Å². The molecule has 0 unspecified atom stereocenters. The molecule has 0 aliphatic carbocycles. The number of aryl methyl sites for hydroxylation is 1. The predicted molar refractivity (Wildman–Crippen MR) is 105 cm³/mol. The van der Waals surface area contributed by atoms with Crippen LogP contribution in [0.1, 0.15) is 11.1 Å². The fraction of sp³-hybridized carbons (Fsp3) is 0.368. The first kappa shape index (κ1) is 20.8. The number of sulfone groups is 1. The molecule has 1 heterocycles. The number of nitrogens with zero attached hydrogens (tertiary/aromatic N) is 1. The fourth-order valence-corrected chi connectivity index (χ4v) is 7.12. The van der Waals surface area contributed by atoms with Gasteiger partial charge >= 0.3 is 0 Å². The maximum Gasteiger partial charge on any atom is 0.247 e. The van der Waals surface area contributed by atoms with E-state index in [0.717, 1.165) is 9.87 Å². The van der Waals surface area contributed by atoms with Gasteiger partial charge in [0.2, 0.25) is 10.0 Å². The molecule has 0 amide bonds. The van der Waals surface area contributed by atoms with Gasteiger partial charge in [-0.25, -0.2) is 16.8 Å². The standard InChI is InChI=1S/C19H23NO6S2/c1-14-8-9-18(26-2)19(10-14)28(24,25)20(11-15-6-4-3-5-7-15)16-12-27(22,23)13-17(16)21/h3-10,16-17,21H,11-13H2,1-2H3/t16-,17+/m1/s1. The molecule has 7 nitrogen and oxygen atoms in total. The van der Waals surface area contributed by atoms with Crippen LogP contribution in [0.4, 0.5) is 0 Å². The lowest BCUT2D eigenvalue weighted by atomic mass is 10.2. The summed E-state index contributed by atoms with van der Waals surface area (Å²) in [4.78, 5) is -0.0533. The third kappa shape index (κ3) is 4.22. The molecule has 1 aliphatic heterocycles. The maximum atomic E-state index is 13.6. The van der Waals surface area contributed by atoms with E-state index in [9.17, 15) is 21.9 Å². The molecule has 0 aromatic heterocycles. The zero-order chi connectivity index (χ0) is 20.5. The molecule has 152 valence electrons. The van der Waals surface area contributed by atoms with Gasteiger partial charge in [-0.05, 0) is 30.2 Å². The quantitative estimate of drug-likeness (QED) is 0.750. The molecule has 2 aromatic carbocycles. The van der Waals surface area contributed by atoms with Gasteiger partial charge < -0.3 is 9.84 Å². The first-order valence-electron chi connectivity index (χ1n) is 8.73. The first-order chi connectivity index (χ1) is 13.1. The summed E-state index contributed by atoms with van der Waals surface area (Å²) in [5.41, 5.74) is 1.41. The molecule has 1 fully saturated rings. The predicted octanol–water partition coefficient (Wildman–Crippen LogP) is 1.35. The second-order valence-electron chi connectivity index (χ2n) is 6.90. The molecule has 0 radical (unpaired) electrons. The van der Waals surface area contributed by atoms with E-state index in [4.69, 9.17) is 4.74 Å². The average Bonchev–Trinajstić information content (AvgIpc) is 2.92. The summed E-state index contributed by atoms with van der Waals surface area (Å²) < 4.78 is 57.5. The Morgan fingerprint density at radius 2 is 1.82 bits per heavy atom. The van der Waals surface area contributed by atoms with Crippen LogP contribution in [0.25, 0.3) is 0 Å². The third-order valence-corrected chi connectivity index (χ3v) is 8.34. The molecule has 2 atom stereocenters. The number of aliphatic hydroxyl groups excluding tert-OH is 1. The maximum absolute atomic E-state index is 13.6. The van der Waals surface area contributed by atoms with Crippen molar-refractivity contribution in [3.8, 4) is 5.75 Å². The van der Waals surface area contributed by atoms with Crippen LogP contribution in [0.5, 0.6) is 5.75 Å². The number of ether oxygens (including phenoxy) is 1. The molecular weight excluding hydrogens is 402 g/mol. The molecule has 1 N–H and O–H groups in total. The van der Waals surface area contributed by atoms with Crippen LogP contribution in [0.15, 0.2) is 53.4 Å². The van der Waals surface area contributed by atoms with Crippen LogP contribution in [0.3, 0.4) is 0 Å². The normalized spacial score (nSPS) is 21.7. The molecule has 3 rings (SSSR count). The lowest BCUT2D eigenvalue weighted by Crippen LogP contribution is -2.46. The largest absolute Gasteiger partial charge is 0.495 e. The monoisotopic (exact) mass is 425 g/mol. The third-order valence-electron chi connectivity index (χ3n) is 4.75. The SMILES string of the molecule is COc1ccc(C)cc1S(=O)(=O)N(Cc1ccccc1)[C@@H]1CS(=O)(=O)C[C@@H]1O. The smallest absolute Gasteiger partial charge is 0.247 e. The zero-order valence-corrected chi connectivity index (χ0v) is 17.3. The summed E-state index contributed by atoms with van der Waals surface area (Å²) in [5, 5.41) is 10.3. The van der Waals surface area contributed by atoms with Crippen LogP contribution in [0.2, 0.25) is 0 Å². The van der Waals surface area contributed by atoms with E-state index in [1.165, 1.54) is 13.2 Å². The van der Waals surface area contributed by atoms with Gasteiger partial charge in [0, 0.05) is 6.54 Å². The molecule has 28 heavy (non-hydrogen) atoms. The topological polar surface area (TPSA) is 101 Å². The van der Waals surface area contributed by atoms with Gasteiger partial charge in [-0.15, -0.1) is 0 Å². The summed E-state index contributed by atoms with van der Waals surface area (Å²) in [6, 6.07) is 12.6. The van der Waals surface area contributed by atoms with E-state index in [1.54, 1.807) is 49.4 Å². The fourth-order valence-electron chi connectivity index (χ4n) is 3.34. The van der Waals surface area contributed by atoms with Crippen molar-refractivity contribution in [1.29, 1.82) is 0 Å². The second-order valence-corrected chi connectivity index (χ2v) is 10.9. The summed E-state index contributed by atoms with van der Waals surface area (Å²) in [7, 11) is -6.31. The summed E-state index contributed by atoms with van der Waals surface area (Å²) >= 11 is 0. The Balaban J connectivity index is 2.12. The minimum absolute atomic E-state index is 0.0533. The highest BCUT2D eigenvalue weighted by Gasteiger charge is 2.45. The number of aliphatic hydroxyl groups is 1. The van der Waals surface area contributed by atoms with E-state index < -0.39 is 43.5 Å². The van der Waals surface area contributed by atoms with E-state index >= 15 is 0 Å². The van der Waals surface area contributed by atoms with E-state index in [1.807, 2.05) is 0 Å². The number of hydrogen-bond donors (Lipinski definition) is 1. The summed E-state index contributed by atoms with van der Waals surface area (Å²) in [6.07, 6.45) is -1.29. The van der Waals surface area contributed by atoms with Crippen LogP contribution >= 0.6 is 0 Å². The summed E-state index contributed by atoms with van der Waals surface area (Å²) in [6.45, 7) is 1.70. The van der Waals surface area contributed by atoms with Crippen LogP contribution in [-0.4, -0.2) is 57.0 Å². The van der Waals surface area contributed by atoms with Gasteiger partial charge in [-0.2, -0.15) is 4.31 Å². The van der Waals surface area contributed by atoms with Crippen LogP contribution < -0.4 is 4.74 Å². The highest BCUT2D eigenvalue weighted by atomic mass is 32.2. The van der Waals surface area contributed by atoms with Gasteiger partial charge in [0.05, 0.1) is 30.8 Å². The Morgan fingerprint density at radius 1 is 1.14 bits per heavy atom. The van der Waals surface area contributed by atoms with Crippen molar-refractivity contribution in [2.24, 2.45) is 0 Å². The molecule has 1 saturated heterocycles. The van der Waals surface area contributed by atoms with Gasteiger partial charge in [0.15, 0.2) is 9.84 Å². The lowest BCUT2D eigenvalue weighted by Gasteiger charge is -2.30. The number of benzene rings is 2. The van der Waals surface area contributed by atoms with Gasteiger partial charge in [-0.1, -0.05) is 36.4 Å². The second kappa shape index (κ2) is 7.82. The van der Waals surface area contributed by atoms with Crippen molar-refractivity contribution in [3.05, 3.63) is 59.7 Å². The van der Waals surface area contributed by atoms with Crippen molar-refractivity contribution < 1.29 is 26.7 Å². The number of sulfonamides is 1. The van der Waals surface area contributed by atoms with Crippen LogP contribution in [0, 0.1) is 6.92 Å². The van der Waals surface area contributed by atoms with Gasteiger partial charge in [-0.3, -0.25) is 0 Å². The molecule has 0 spiro atoms. The Morgan fingerprint density at radius 3 is 2.39 bits per heavy atom. The minimum atomic E-state index is -4.15. The Kier molecular flexibility index (Phi) is 5.81. The molecule has 0 saturated carbocycles. The Labute approximate surface area is 165 Å². The molecular formula is C19H23NO6S2. The lowest BCUT2D eigenvalue weighted by molar-refractivity contribution is 0.125. The molecule has 2 aromatic rings. The minimum Gasteiger partial charge on any atom is -0.495 e. The van der Waals surface area contributed by atoms with Crippen molar-refractivity contribution in [2.45, 2.75) is 30.5 Å². The Hall–Kier alpha value is -1.94. The highest BCUT2D eigenvalue weighted by Crippen LogP contribution is 2.32. The molecule has 1 aliphatic rings. The number of hydrogen-bond acceptors (Lipinski definition) is 6. The van der Waals surface area contributed by atoms with Crippen LogP contribution in [-0.2, 0) is 26.4 Å². The highest BCUT2D eigenvalue weighted by molar-refractivity contribution is 7.92. The average molecular weight is 426 g/mol. The van der Waals surface area contributed by atoms with Gasteiger partial charge in [0.1, 0.15) is 10.6 Å². The number of rotatable bonds is 6. The van der Waals surface area contributed by atoms with Gasteiger partial charge in [0.25, 0.3) is 0 Å².